The molecule has 0 radical (unpaired) electrons. The minimum absolute atomic E-state index is 0.0348. The molecule has 83 heavy (non-hydrogen) atoms. The number of halogens is 5. The van der Waals surface area contributed by atoms with Crippen LogP contribution in [0.25, 0.3) is 44.5 Å². The van der Waals surface area contributed by atoms with Gasteiger partial charge in [0.1, 0.15) is 49.1 Å². The number of unbranched alkanes of at least 4 members (excludes halogenated alkanes) is 4. The largest absolute Gasteiger partial charge is 0.495 e. The number of aromatic nitrogens is 4. The summed E-state index contributed by atoms with van der Waals surface area (Å²) in [6.07, 6.45) is -2.32. The fraction of sp³-hybridized carbons (Fsp3) is 0.410. The number of rotatable bonds is 23. The normalized spacial score (nSPS) is 19.7. The van der Waals surface area contributed by atoms with E-state index in [1.807, 2.05) is 60.5 Å². The summed E-state index contributed by atoms with van der Waals surface area (Å²) in [6, 6.07) is 28.8. The van der Waals surface area contributed by atoms with E-state index < -0.39 is 43.2 Å². The number of hydrogen-bond donors (Lipinski definition) is 6. The first-order chi connectivity index (χ1) is 40.2. The number of aliphatic hydroxyl groups excluding tert-OH is 1. The number of nitrogens with one attached hydrogen (secondary N) is 5. The Morgan fingerprint density at radius 3 is 2.42 bits per heavy atom. The van der Waals surface area contributed by atoms with E-state index in [-0.39, 0.29) is 55.9 Å². The fourth-order valence-electron chi connectivity index (χ4n) is 10.6. The predicted molar refractivity (Wildman–Crippen MR) is 309 cm³/mol. The summed E-state index contributed by atoms with van der Waals surface area (Å²) in [4.78, 5) is 39.8. The van der Waals surface area contributed by atoms with Crippen LogP contribution < -0.4 is 35.5 Å². The van der Waals surface area contributed by atoms with Crippen molar-refractivity contribution in [2.75, 3.05) is 77.3 Å². The van der Waals surface area contributed by atoms with Crippen LogP contribution in [0.1, 0.15) is 61.0 Å². The van der Waals surface area contributed by atoms with Crippen LogP contribution in [0.3, 0.4) is 0 Å². The maximum atomic E-state index is 14.9. The van der Waals surface area contributed by atoms with Crippen LogP contribution in [0.2, 0.25) is 5.02 Å². The molecule has 2 amide bonds. The van der Waals surface area contributed by atoms with Gasteiger partial charge >= 0.3 is 6.18 Å². The molecule has 3 saturated heterocycles. The van der Waals surface area contributed by atoms with E-state index in [0.29, 0.717) is 100 Å². The molecule has 438 valence electrons. The molecule has 10 rings (SSSR count). The zero-order valence-corrected chi connectivity index (χ0v) is 46.8. The van der Waals surface area contributed by atoms with Crippen molar-refractivity contribution in [1.29, 1.82) is 0 Å². The number of amides is 2. The highest BCUT2D eigenvalue weighted by molar-refractivity contribution is 6.33. The number of aromatic amines is 1. The fourth-order valence-corrected chi connectivity index (χ4v) is 10.9. The van der Waals surface area contributed by atoms with Gasteiger partial charge in [-0.15, -0.1) is 0 Å². The number of piperidine rings is 1. The Hall–Kier alpha value is -7.61. The second-order valence-corrected chi connectivity index (χ2v) is 21.4. The van der Waals surface area contributed by atoms with Gasteiger partial charge in [0.2, 0.25) is 5.91 Å². The quantitative estimate of drug-likeness (QED) is 0.0201. The van der Waals surface area contributed by atoms with E-state index >= 15 is 0 Å². The summed E-state index contributed by atoms with van der Waals surface area (Å²) in [5.41, 5.74) is 6.48. The number of likely N-dealkylation sites (tertiary alicyclic amines) is 1. The lowest BCUT2D eigenvalue weighted by atomic mass is 10.0. The van der Waals surface area contributed by atoms with E-state index in [0.717, 1.165) is 53.4 Å². The third-order valence-corrected chi connectivity index (χ3v) is 15.3. The molecule has 6 heterocycles. The van der Waals surface area contributed by atoms with Gasteiger partial charge in [-0.3, -0.25) is 9.59 Å². The molecule has 0 saturated carbocycles. The number of fused-ring (bicyclic) bond motifs is 3. The molecule has 3 aromatic heterocycles. The number of carbonyl (C=O) groups excluding carboxylic acids is 2. The molecule has 0 unspecified atom stereocenters. The van der Waals surface area contributed by atoms with Gasteiger partial charge in [-0.25, -0.2) is 9.37 Å². The van der Waals surface area contributed by atoms with Crippen molar-refractivity contribution < 1.29 is 55.9 Å². The van der Waals surface area contributed by atoms with Crippen molar-refractivity contribution in [2.45, 2.75) is 94.3 Å². The van der Waals surface area contributed by atoms with Crippen molar-refractivity contribution in [3.05, 3.63) is 113 Å². The minimum Gasteiger partial charge on any atom is -0.495 e. The van der Waals surface area contributed by atoms with E-state index in [1.54, 1.807) is 48.5 Å². The first-order valence-electron chi connectivity index (χ1n) is 27.9. The molecule has 4 aromatic carbocycles. The van der Waals surface area contributed by atoms with Crippen LogP contribution in [0.15, 0.2) is 97.1 Å². The van der Waals surface area contributed by atoms with Gasteiger partial charge in [0.25, 0.3) is 11.9 Å². The van der Waals surface area contributed by atoms with Crippen LogP contribution in [0, 0.1) is 11.8 Å². The van der Waals surface area contributed by atoms with Crippen LogP contribution in [0.5, 0.6) is 17.5 Å². The number of alkyl halides is 4. The molecule has 6 atom stereocenters. The lowest BCUT2D eigenvalue weighted by Gasteiger charge is -2.33. The topological polar surface area (TPSA) is 198 Å². The second kappa shape index (κ2) is 26.7. The third-order valence-electron chi connectivity index (χ3n) is 15.0. The summed E-state index contributed by atoms with van der Waals surface area (Å²) in [5.74, 6) is 6.61. The summed E-state index contributed by atoms with van der Waals surface area (Å²) in [5, 5.41) is 23.3. The molecule has 0 aliphatic carbocycles. The highest BCUT2D eigenvalue weighted by Crippen LogP contribution is 2.35. The Balaban J connectivity index is 0.594. The number of hydrogen-bond acceptors (Lipinski definition) is 13. The molecule has 3 aliphatic heterocycles. The number of benzene rings is 4. The highest BCUT2D eigenvalue weighted by atomic mass is 35.5. The Bertz CT molecular complexity index is 3440. The number of ether oxygens (including phenoxy) is 5. The summed E-state index contributed by atoms with van der Waals surface area (Å²) < 4.78 is 86.2. The number of pyridine rings is 1. The van der Waals surface area contributed by atoms with Gasteiger partial charge < -0.3 is 64.5 Å². The van der Waals surface area contributed by atoms with E-state index in [2.05, 4.69) is 43.1 Å². The van der Waals surface area contributed by atoms with Crippen molar-refractivity contribution in [3.63, 3.8) is 0 Å². The molecule has 3 fully saturated rings. The van der Waals surface area contributed by atoms with Crippen LogP contribution in [-0.4, -0.2) is 151 Å². The van der Waals surface area contributed by atoms with Gasteiger partial charge in [0, 0.05) is 48.3 Å². The van der Waals surface area contributed by atoms with Crippen LogP contribution in [-0.2, 0) is 20.8 Å². The number of methoxy groups -OCH3 is 1. The van der Waals surface area contributed by atoms with Crippen molar-refractivity contribution in [3.8, 4) is 51.7 Å². The number of H-pyrrole nitrogens is 1. The number of aliphatic hydroxyl groups is 1. The molecule has 0 bridgehead atoms. The first-order valence-corrected chi connectivity index (χ1v) is 28.3. The molecule has 22 heteroatoms. The van der Waals surface area contributed by atoms with Gasteiger partial charge in [0.05, 0.1) is 72.6 Å². The molecule has 6 N–H and O–H groups in total. The smallest absolute Gasteiger partial charge is 0.406 e. The molecule has 7 aromatic rings. The number of imidazole rings is 1. The monoisotopic (exact) mass is 1160 g/mol. The molecule has 17 nitrogen and oxygen atoms in total. The average molecular weight is 1160 g/mol. The van der Waals surface area contributed by atoms with E-state index in [4.69, 9.17) is 40.3 Å². The molecule has 3 aliphatic rings. The Labute approximate surface area is 482 Å². The zero-order valence-electron chi connectivity index (χ0n) is 46.0. The van der Waals surface area contributed by atoms with E-state index in [9.17, 15) is 32.3 Å². The van der Waals surface area contributed by atoms with E-state index in [1.165, 1.54) is 7.11 Å². The lowest BCUT2D eigenvalue weighted by molar-refractivity contribution is -0.140. The SMILES string of the molecule is COc1cc(C(=O)NCCCCCCCC(=O)NCCOc2ccc(-c3ccc(-c4nc5nc(O[C@@H]6CO[C@H]7[C@@H]6OC[C@H]7O)[nH]c5cc4Cl)cc3)cc2)ccc1NCC#Cc1cc2c(N[C@@H]3CCN(C)C[C@@H]3F)cccc2n1CC(F)(F)F. The minimum atomic E-state index is -4.50. The van der Waals surface area contributed by atoms with Crippen molar-refractivity contribution in [2.24, 2.45) is 0 Å². The zero-order chi connectivity index (χ0) is 58.0. The number of anilines is 2. The molecular weight excluding hydrogens is 1100 g/mol. The first kappa shape index (κ1) is 58.6. The second-order valence-electron chi connectivity index (χ2n) is 21.0. The third kappa shape index (κ3) is 14.8. The Kier molecular flexibility index (Phi) is 18.9. The average Bonchev–Trinajstić information content (AvgIpc) is 4.33. The Morgan fingerprint density at radius 1 is 0.880 bits per heavy atom. The predicted octanol–water partition coefficient (Wildman–Crippen LogP) is 9.56. The van der Waals surface area contributed by atoms with Crippen molar-refractivity contribution in [1.82, 2.24) is 35.1 Å². The molecular formula is C61H66ClF4N9O8. The maximum Gasteiger partial charge on any atom is 0.406 e. The maximum absolute atomic E-state index is 14.9. The van der Waals surface area contributed by atoms with Crippen molar-refractivity contribution >= 4 is 56.9 Å². The summed E-state index contributed by atoms with van der Waals surface area (Å²) in [6.45, 7) is 1.48. The number of nitrogens with zero attached hydrogens (tertiary/aromatic N) is 4. The van der Waals surface area contributed by atoms with Gasteiger partial charge in [-0.05, 0) is 98.0 Å². The number of carbonyl (C=O) groups is 2. The molecule has 0 spiro atoms. The lowest BCUT2D eigenvalue weighted by Crippen LogP contribution is -2.46. The van der Waals surface area contributed by atoms with Gasteiger partial charge in [0.15, 0.2) is 11.8 Å². The summed E-state index contributed by atoms with van der Waals surface area (Å²) >= 11 is 6.69. The Morgan fingerprint density at radius 2 is 1.64 bits per heavy atom. The van der Waals surface area contributed by atoms with Crippen LogP contribution in [0.4, 0.5) is 28.9 Å². The van der Waals surface area contributed by atoms with Crippen LogP contribution >= 0.6 is 11.6 Å². The van der Waals surface area contributed by atoms with Gasteiger partial charge in [-0.2, -0.15) is 18.2 Å². The standard InChI is InChI=1S/C61H66ClF4N9O8/c1-74-28-24-47(45(63)33-74)70-46-11-8-12-50-43(46)31-41(75(50)36-61(64,65)66)10-9-26-67-48-23-20-40(30-52(48)79-2)59(78)69-25-7-5-3-4-6-13-54(77)68-27-29-80-42-21-18-38(19-22-42)37-14-16-39(17-15-37)55-44(62)32-49-58(72-55)73-60(71-49)83-53-35-82-56-51(76)34-81-57(53)56/h8,11-12,14-23,30-32,45,47,51,53,56-57,67,70,76H,3-7,13,24-29,33-36H2,1-2H3,(H,68,77)(H,69,78)(H,71,72,73)/t45-,47+,51+,53+,56+,57+/m0/s1. The highest BCUT2D eigenvalue weighted by Gasteiger charge is 2.48. The van der Waals surface area contributed by atoms with Gasteiger partial charge in [-0.1, -0.05) is 79.2 Å². The summed E-state index contributed by atoms with van der Waals surface area (Å²) in [7, 11) is 3.33.